The summed E-state index contributed by atoms with van der Waals surface area (Å²) < 4.78 is 0. The van der Waals surface area contributed by atoms with Crippen molar-refractivity contribution < 1.29 is 14.7 Å². The van der Waals surface area contributed by atoms with Gasteiger partial charge in [0, 0.05) is 6.20 Å². The number of aromatic amines is 2. The maximum absolute atomic E-state index is 11.7. The van der Waals surface area contributed by atoms with E-state index in [2.05, 4.69) is 15.3 Å². The van der Waals surface area contributed by atoms with Crippen LogP contribution in [0.4, 0.5) is 0 Å². The van der Waals surface area contributed by atoms with Crippen LogP contribution in [0.1, 0.15) is 31.3 Å². The van der Waals surface area contributed by atoms with Crippen LogP contribution >= 0.6 is 0 Å². The van der Waals surface area contributed by atoms with Gasteiger partial charge in [-0.3, -0.25) is 4.79 Å². The van der Waals surface area contributed by atoms with Gasteiger partial charge in [0.25, 0.3) is 5.91 Å². The maximum Gasteiger partial charge on any atom is 0.326 e. The van der Waals surface area contributed by atoms with Gasteiger partial charge in [-0.1, -0.05) is 20.8 Å². The smallest absolute Gasteiger partial charge is 0.326 e. The second-order valence-electron chi connectivity index (χ2n) is 4.77. The number of hydrogen-bond acceptors (Lipinski definition) is 3. The molecular formula is C10H15N3O4. The fourth-order valence-electron chi connectivity index (χ4n) is 1.31. The quantitative estimate of drug-likeness (QED) is 0.593. The SMILES string of the molecule is CC(C)(C)[C@H](NC(=O)c1c[nH]c(=O)[nH]1)C(=O)O. The van der Waals surface area contributed by atoms with Gasteiger partial charge in [0.15, 0.2) is 0 Å². The highest BCUT2D eigenvalue weighted by atomic mass is 16.4. The Labute approximate surface area is 97.2 Å². The van der Waals surface area contributed by atoms with Crippen LogP contribution in [0.5, 0.6) is 0 Å². The zero-order valence-electron chi connectivity index (χ0n) is 9.83. The minimum absolute atomic E-state index is 0.00509. The van der Waals surface area contributed by atoms with E-state index in [0.717, 1.165) is 0 Å². The molecule has 1 aromatic heterocycles. The fraction of sp³-hybridized carbons (Fsp3) is 0.500. The summed E-state index contributed by atoms with van der Waals surface area (Å²) in [5, 5.41) is 11.4. The van der Waals surface area contributed by atoms with Crippen molar-refractivity contribution in [2.75, 3.05) is 0 Å². The highest BCUT2D eigenvalue weighted by Crippen LogP contribution is 2.19. The van der Waals surface area contributed by atoms with Crippen LogP contribution in [0, 0.1) is 5.41 Å². The van der Waals surface area contributed by atoms with Crippen molar-refractivity contribution in [1.82, 2.24) is 15.3 Å². The summed E-state index contributed by atoms with van der Waals surface area (Å²) in [5.41, 5.74) is -1.14. The number of hydrogen-bond donors (Lipinski definition) is 4. The summed E-state index contributed by atoms with van der Waals surface area (Å²) >= 11 is 0. The fourth-order valence-corrected chi connectivity index (χ4v) is 1.31. The summed E-state index contributed by atoms with van der Waals surface area (Å²) in [6.45, 7) is 5.10. The van der Waals surface area contributed by atoms with Crippen LogP contribution in [0.25, 0.3) is 0 Å². The molecule has 7 nitrogen and oxygen atoms in total. The average molecular weight is 241 g/mol. The Morgan fingerprint density at radius 3 is 2.35 bits per heavy atom. The number of H-pyrrole nitrogens is 2. The number of aromatic nitrogens is 2. The first-order valence-electron chi connectivity index (χ1n) is 5.03. The Morgan fingerprint density at radius 1 is 1.41 bits per heavy atom. The molecule has 0 saturated heterocycles. The third kappa shape index (κ3) is 3.20. The van der Waals surface area contributed by atoms with Crippen LogP contribution < -0.4 is 11.0 Å². The largest absolute Gasteiger partial charge is 0.480 e. The number of carbonyl (C=O) groups is 2. The topological polar surface area (TPSA) is 115 Å². The number of rotatable bonds is 3. The normalized spacial score (nSPS) is 13.1. The molecule has 0 aliphatic rings. The molecule has 1 heterocycles. The van der Waals surface area contributed by atoms with Crippen LogP contribution in [0.2, 0.25) is 0 Å². The van der Waals surface area contributed by atoms with E-state index in [4.69, 9.17) is 5.11 Å². The predicted molar refractivity (Wildman–Crippen MR) is 59.8 cm³/mol. The first-order valence-corrected chi connectivity index (χ1v) is 5.03. The Kier molecular flexibility index (Phi) is 3.40. The van der Waals surface area contributed by atoms with E-state index in [-0.39, 0.29) is 5.69 Å². The molecule has 1 aromatic rings. The number of carboxylic acids is 1. The highest BCUT2D eigenvalue weighted by molar-refractivity contribution is 5.94. The van der Waals surface area contributed by atoms with E-state index in [9.17, 15) is 14.4 Å². The van der Waals surface area contributed by atoms with E-state index in [0.29, 0.717) is 0 Å². The molecule has 0 unspecified atom stereocenters. The van der Waals surface area contributed by atoms with Gasteiger partial charge in [-0.25, -0.2) is 9.59 Å². The van der Waals surface area contributed by atoms with E-state index in [1.165, 1.54) is 6.20 Å². The van der Waals surface area contributed by atoms with E-state index >= 15 is 0 Å². The summed E-state index contributed by atoms with van der Waals surface area (Å²) in [6, 6.07) is -1.03. The Morgan fingerprint density at radius 2 is 2.00 bits per heavy atom. The van der Waals surface area contributed by atoms with E-state index in [1.54, 1.807) is 20.8 Å². The molecule has 1 atom stereocenters. The number of carbonyl (C=O) groups excluding carboxylic acids is 1. The molecule has 4 N–H and O–H groups in total. The second kappa shape index (κ2) is 4.44. The minimum atomic E-state index is -1.12. The molecule has 0 aliphatic carbocycles. The number of carboxylic acid groups (broad SMARTS) is 1. The predicted octanol–water partition coefficient (Wildman–Crippen LogP) is -0.0679. The van der Waals surface area contributed by atoms with Crippen molar-refractivity contribution in [2.45, 2.75) is 26.8 Å². The van der Waals surface area contributed by atoms with Crippen LogP contribution in [-0.4, -0.2) is 33.0 Å². The summed E-state index contributed by atoms with van der Waals surface area (Å²) in [5.74, 6) is -1.76. The van der Waals surface area contributed by atoms with Gasteiger partial charge >= 0.3 is 11.7 Å². The second-order valence-corrected chi connectivity index (χ2v) is 4.77. The lowest BCUT2D eigenvalue weighted by molar-refractivity contribution is -0.142. The first-order chi connectivity index (χ1) is 7.71. The lowest BCUT2D eigenvalue weighted by Gasteiger charge is -2.27. The van der Waals surface area contributed by atoms with Gasteiger partial charge in [0.2, 0.25) is 0 Å². The van der Waals surface area contributed by atoms with Crippen molar-refractivity contribution in [3.05, 3.63) is 22.4 Å². The monoisotopic (exact) mass is 241 g/mol. The number of nitrogens with one attached hydrogen (secondary N) is 3. The van der Waals surface area contributed by atoms with Crippen LogP contribution in [-0.2, 0) is 4.79 Å². The van der Waals surface area contributed by atoms with Gasteiger partial charge < -0.3 is 20.4 Å². The summed E-state index contributed by atoms with van der Waals surface area (Å²) in [7, 11) is 0. The molecule has 0 bridgehead atoms. The van der Waals surface area contributed by atoms with Gasteiger partial charge in [-0.2, -0.15) is 0 Å². The molecule has 1 amide bonds. The third-order valence-electron chi connectivity index (χ3n) is 2.23. The van der Waals surface area contributed by atoms with E-state index in [1.807, 2.05) is 0 Å². The molecule has 0 aromatic carbocycles. The third-order valence-corrected chi connectivity index (χ3v) is 2.23. The maximum atomic E-state index is 11.7. The van der Waals surface area contributed by atoms with Crippen molar-refractivity contribution in [3.63, 3.8) is 0 Å². The number of amides is 1. The van der Waals surface area contributed by atoms with Crippen molar-refractivity contribution >= 4 is 11.9 Å². The highest BCUT2D eigenvalue weighted by Gasteiger charge is 2.33. The van der Waals surface area contributed by atoms with Crippen molar-refractivity contribution in [3.8, 4) is 0 Å². The van der Waals surface area contributed by atoms with Crippen molar-refractivity contribution in [1.29, 1.82) is 0 Å². The molecule has 0 aliphatic heterocycles. The van der Waals surface area contributed by atoms with Crippen LogP contribution in [0.3, 0.4) is 0 Å². The Hall–Kier alpha value is -2.05. The Balaban J connectivity index is 2.86. The standard InChI is InChI=1S/C10H15N3O4/c1-10(2,3)6(8(15)16)13-7(14)5-4-11-9(17)12-5/h4,6H,1-3H3,(H,13,14)(H,15,16)(H2,11,12,17)/t6-/m1/s1. The van der Waals surface area contributed by atoms with Gasteiger partial charge in [0.1, 0.15) is 11.7 Å². The molecule has 94 valence electrons. The molecular weight excluding hydrogens is 226 g/mol. The summed E-state index contributed by atoms with van der Waals surface area (Å²) in [6.07, 6.45) is 1.19. The molecule has 0 spiro atoms. The summed E-state index contributed by atoms with van der Waals surface area (Å²) in [4.78, 5) is 38.0. The Bertz CT molecular complexity index is 480. The molecule has 1 rings (SSSR count). The molecule has 17 heavy (non-hydrogen) atoms. The molecule has 0 radical (unpaired) electrons. The average Bonchev–Trinajstić information content (AvgIpc) is 2.58. The number of aliphatic carboxylic acids is 1. The first kappa shape index (κ1) is 13.0. The molecule has 0 fully saturated rings. The van der Waals surface area contributed by atoms with Crippen LogP contribution in [0.15, 0.2) is 11.0 Å². The molecule has 7 heteroatoms. The lowest BCUT2D eigenvalue weighted by atomic mass is 9.87. The minimum Gasteiger partial charge on any atom is -0.480 e. The van der Waals surface area contributed by atoms with Gasteiger partial charge in [0.05, 0.1) is 0 Å². The van der Waals surface area contributed by atoms with Gasteiger partial charge in [-0.05, 0) is 5.41 Å². The van der Waals surface area contributed by atoms with Gasteiger partial charge in [-0.15, -0.1) is 0 Å². The van der Waals surface area contributed by atoms with Crippen molar-refractivity contribution in [2.24, 2.45) is 5.41 Å². The zero-order valence-corrected chi connectivity index (χ0v) is 9.83. The zero-order chi connectivity index (χ0) is 13.2. The van der Waals surface area contributed by atoms with E-state index < -0.39 is 29.0 Å². The molecule has 0 saturated carbocycles. The lowest BCUT2D eigenvalue weighted by Crippen LogP contribution is -2.49. The number of imidazole rings is 1.